The molecule has 0 aliphatic carbocycles. The van der Waals surface area contributed by atoms with Crippen LogP contribution in [-0.4, -0.2) is 52.5 Å². The molecule has 36 heavy (non-hydrogen) atoms. The minimum absolute atomic E-state index is 0.118. The number of hydrogen-bond acceptors (Lipinski definition) is 4. The summed E-state index contributed by atoms with van der Waals surface area (Å²) in [6.45, 7) is 3.15. The van der Waals surface area contributed by atoms with E-state index < -0.39 is 21.8 Å². The Kier molecular flexibility index (Phi) is 6.99. The minimum atomic E-state index is -4.43. The summed E-state index contributed by atoms with van der Waals surface area (Å²) >= 11 is 0. The lowest BCUT2D eigenvalue weighted by molar-refractivity contribution is -0.137. The molecule has 3 aromatic rings. The van der Waals surface area contributed by atoms with E-state index in [1.807, 2.05) is 6.92 Å². The van der Waals surface area contributed by atoms with E-state index in [1.165, 1.54) is 25.2 Å². The van der Waals surface area contributed by atoms with Gasteiger partial charge in [0.25, 0.3) is 15.9 Å². The van der Waals surface area contributed by atoms with Crippen LogP contribution in [0.15, 0.2) is 77.7 Å². The molecular weight excluding hydrogens is 491 g/mol. The summed E-state index contributed by atoms with van der Waals surface area (Å²) in [5.74, 6) is -0.333. The lowest BCUT2D eigenvalue weighted by Gasteiger charge is -2.37. The number of aryl methyl sites for hydroxylation is 1. The fourth-order valence-corrected chi connectivity index (χ4v) is 5.36. The van der Waals surface area contributed by atoms with Gasteiger partial charge in [-0.25, -0.2) is 8.42 Å². The van der Waals surface area contributed by atoms with E-state index in [-0.39, 0.29) is 35.1 Å². The number of carbonyl (C=O) groups is 1. The van der Waals surface area contributed by atoms with Gasteiger partial charge in [0.05, 0.1) is 21.7 Å². The van der Waals surface area contributed by atoms with Gasteiger partial charge in [0.1, 0.15) is 0 Å². The first-order valence-corrected chi connectivity index (χ1v) is 12.8. The average Bonchev–Trinajstić information content (AvgIpc) is 2.88. The maximum atomic E-state index is 13.4. The number of benzene rings is 3. The standard InChI is InChI=1S/C26H26F3N3O3S/c1-19-10-12-22(13-11-19)36(34,35)30(2)24-9-4-3-8-23(24)25(33)32-16-14-31(15-17-32)21-7-5-6-20(18-21)26(27,28)29/h3-13,18H,14-17H2,1-2H3. The molecule has 0 spiro atoms. The van der Waals surface area contributed by atoms with E-state index in [1.54, 1.807) is 52.3 Å². The fraction of sp³-hybridized carbons (Fsp3) is 0.269. The molecular formula is C26H26F3N3O3S. The third kappa shape index (κ3) is 5.18. The Labute approximate surface area is 208 Å². The highest BCUT2D eigenvalue weighted by Gasteiger charge is 2.32. The van der Waals surface area contributed by atoms with E-state index in [2.05, 4.69) is 0 Å². The quantitative estimate of drug-likeness (QED) is 0.488. The van der Waals surface area contributed by atoms with Crippen molar-refractivity contribution in [2.75, 3.05) is 42.4 Å². The van der Waals surface area contributed by atoms with E-state index in [0.717, 1.165) is 22.0 Å². The van der Waals surface area contributed by atoms with Gasteiger partial charge in [-0.05, 0) is 49.4 Å². The largest absolute Gasteiger partial charge is 0.416 e. The van der Waals surface area contributed by atoms with Crippen molar-refractivity contribution in [3.8, 4) is 0 Å². The number of rotatable bonds is 5. The van der Waals surface area contributed by atoms with Crippen LogP contribution in [0.4, 0.5) is 24.5 Å². The van der Waals surface area contributed by atoms with Crippen LogP contribution in [-0.2, 0) is 16.2 Å². The molecule has 1 aliphatic heterocycles. The summed E-state index contributed by atoms with van der Waals surface area (Å²) in [6.07, 6.45) is -4.43. The van der Waals surface area contributed by atoms with Gasteiger partial charge in [0.2, 0.25) is 0 Å². The van der Waals surface area contributed by atoms with Crippen LogP contribution in [0.1, 0.15) is 21.5 Å². The number of piperazine rings is 1. The highest BCUT2D eigenvalue weighted by molar-refractivity contribution is 7.92. The number of carbonyl (C=O) groups excluding carboxylic acids is 1. The van der Waals surface area contributed by atoms with Gasteiger partial charge in [0.15, 0.2) is 0 Å². The van der Waals surface area contributed by atoms with E-state index in [9.17, 15) is 26.4 Å². The van der Waals surface area contributed by atoms with Gasteiger partial charge >= 0.3 is 6.18 Å². The minimum Gasteiger partial charge on any atom is -0.368 e. The summed E-state index contributed by atoms with van der Waals surface area (Å²) in [4.78, 5) is 16.9. The maximum Gasteiger partial charge on any atom is 0.416 e. The normalized spacial score (nSPS) is 14.6. The monoisotopic (exact) mass is 517 g/mol. The SMILES string of the molecule is Cc1ccc(S(=O)(=O)N(C)c2ccccc2C(=O)N2CCN(c3cccc(C(F)(F)F)c3)CC2)cc1. The van der Waals surface area contributed by atoms with Crippen molar-refractivity contribution >= 4 is 27.3 Å². The molecule has 10 heteroatoms. The molecule has 1 saturated heterocycles. The fourth-order valence-electron chi connectivity index (χ4n) is 4.14. The summed E-state index contributed by atoms with van der Waals surface area (Å²) in [5, 5.41) is 0. The van der Waals surface area contributed by atoms with Gasteiger partial charge in [-0.1, -0.05) is 35.9 Å². The zero-order valence-corrected chi connectivity index (χ0v) is 20.7. The molecule has 190 valence electrons. The van der Waals surface area contributed by atoms with E-state index >= 15 is 0 Å². The van der Waals surface area contributed by atoms with Crippen LogP contribution in [0.5, 0.6) is 0 Å². The number of amides is 1. The Morgan fingerprint density at radius 2 is 1.53 bits per heavy atom. The van der Waals surface area contributed by atoms with Gasteiger partial charge in [-0.3, -0.25) is 9.10 Å². The predicted octanol–water partition coefficient (Wildman–Crippen LogP) is 4.80. The van der Waals surface area contributed by atoms with E-state index in [0.29, 0.717) is 18.8 Å². The molecule has 0 saturated carbocycles. The second kappa shape index (κ2) is 9.85. The Balaban J connectivity index is 1.52. The van der Waals surface area contributed by atoms with E-state index in [4.69, 9.17) is 0 Å². The number of para-hydroxylation sites is 1. The van der Waals surface area contributed by atoms with Crippen LogP contribution in [0.3, 0.4) is 0 Å². The molecule has 1 amide bonds. The summed E-state index contributed by atoms with van der Waals surface area (Å²) in [7, 11) is -2.48. The zero-order chi connectivity index (χ0) is 26.1. The first-order valence-electron chi connectivity index (χ1n) is 11.3. The number of hydrogen-bond donors (Lipinski definition) is 0. The van der Waals surface area contributed by atoms with Crippen LogP contribution < -0.4 is 9.21 Å². The Morgan fingerprint density at radius 3 is 2.17 bits per heavy atom. The molecule has 0 atom stereocenters. The molecule has 0 radical (unpaired) electrons. The second-order valence-corrected chi connectivity index (χ2v) is 10.6. The van der Waals surface area contributed by atoms with Crippen molar-refractivity contribution in [3.05, 3.63) is 89.5 Å². The number of halogens is 3. The summed E-state index contributed by atoms with van der Waals surface area (Å²) in [6, 6.07) is 18.1. The zero-order valence-electron chi connectivity index (χ0n) is 19.9. The van der Waals surface area contributed by atoms with Crippen LogP contribution in [0.2, 0.25) is 0 Å². The van der Waals surface area contributed by atoms with Crippen molar-refractivity contribution in [2.24, 2.45) is 0 Å². The molecule has 0 N–H and O–H groups in total. The summed E-state index contributed by atoms with van der Waals surface area (Å²) in [5.41, 5.74) is 1.15. The smallest absolute Gasteiger partial charge is 0.368 e. The van der Waals surface area contributed by atoms with Crippen molar-refractivity contribution < 1.29 is 26.4 Å². The third-order valence-corrected chi connectivity index (χ3v) is 8.04. The molecule has 3 aromatic carbocycles. The molecule has 1 heterocycles. The van der Waals surface area contributed by atoms with Crippen LogP contribution >= 0.6 is 0 Å². The van der Waals surface area contributed by atoms with Crippen molar-refractivity contribution in [1.29, 1.82) is 0 Å². The highest BCUT2D eigenvalue weighted by atomic mass is 32.2. The maximum absolute atomic E-state index is 13.4. The molecule has 0 aromatic heterocycles. The first kappa shape index (κ1) is 25.6. The summed E-state index contributed by atoms with van der Waals surface area (Å²) < 4.78 is 66.8. The van der Waals surface area contributed by atoms with Gasteiger partial charge in [-0.2, -0.15) is 13.2 Å². The van der Waals surface area contributed by atoms with Gasteiger partial charge in [-0.15, -0.1) is 0 Å². The number of anilines is 2. The van der Waals surface area contributed by atoms with Gasteiger partial charge < -0.3 is 9.80 Å². The topological polar surface area (TPSA) is 60.9 Å². The molecule has 1 aliphatic rings. The molecule has 6 nitrogen and oxygen atoms in total. The number of sulfonamides is 1. The van der Waals surface area contributed by atoms with Crippen molar-refractivity contribution in [2.45, 2.75) is 18.0 Å². The van der Waals surface area contributed by atoms with Crippen LogP contribution in [0, 0.1) is 6.92 Å². The van der Waals surface area contributed by atoms with Gasteiger partial charge in [0, 0.05) is 38.9 Å². The molecule has 0 bridgehead atoms. The van der Waals surface area contributed by atoms with Crippen molar-refractivity contribution in [1.82, 2.24) is 4.90 Å². The molecule has 4 rings (SSSR count). The van der Waals surface area contributed by atoms with Crippen molar-refractivity contribution in [3.63, 3.8) is 0 Å². The molecule has 0 unspecified atom stereocenters. The Hall–Kier alpha value is -3.53. The third-order valence-electron chi connectivity index (χ3n) is 6.26. The second-order valence-electron chi connectivity index (χ2n) is 8.63. The lowest BCUT2D eigenvalue weighted by Crippen LogP contribution is -2.49. The molecule has 1 fully saturated rings. The Morgan fingerprint density at radius 1 is 0.889 bits per heavy atom. The predicted molar refractivity (Wildman–Crippen MR) is 133 cm³/mol. The van der Waals surface area contributed by atoms with Crippen LogP contribution in [0.25, 0.3) is 0 Å². The first-order chi connectivity index (χ1) is 17.0. The highest BCUT2D eigenvalue weighted by Crippen LogP contribution is 2.32. The Bertz CT molecular complexity index is 1350. The number of nitrogens with zero attached hydrogens (tertiary/aromatic N) is 3. The average molecular weight is 518 g/mol. The lowest BCUT2D eigenvalue weighted by atomic mass is 10.1. The number of alkyl halides is 3.